The number of hydrogen-bond acceptors (Lipinski definition) is 5. The number of nitrogens with zero attached hydrogens (tertiary/aromatic N) is 4. The van der Waals surface area contributed by atoms with E-state index in [1.54, 1.807) is 30.6 Å². The summed E-state index contributed by atoms with van der Waals surface area (Å²) in [5, 5.41) is 15.7. The van der Waals surface area contributed by atoms with Crippen LogP contribution in [0.25, 0.3) is 11.3 Å². The van der Waals surface area contributed by atoms with Crippen molar-refractivity contribution >= 4 is 29.5 Å². The molecule has 2 aromatic carbocycles. The van der Waals surface area contributed by atoms with E-state index in [-0.39, 0.29) is 11.6 Å². The molecule has 3 rings (SSSR count). The average molecular weight is 342 g/mol. The first kappa shape index (κ1) is 15.7. The van der Waals surface area contributed by atoms with Gasteiger partial charge in [0.05, 0.1) is 23.0 Å². The van der Waals surface area contributed by atoms with E-state index in [0.29, 0.717) is 16.3 Å². The van der Waals surface area contributed by atoms with Crippen molar-refractivity contribution in [2.75, 3.05) is 5.73 Å². The Morgan fingerprint density at radius 2 is 2.04 bits per heavy atom. The van der Waals surface area contributed by atoms with Gasteiger partial charge in [-0.3, -0.25) is 10.1 Å². The summed E-state index contributed by atoms with van der Waals surface area (Å²) < 4.78 is 1.39. The predicted octanol–water partition coefficient (Wildman–Crippen LogP) is 3.58. The lowest BCUT2D eigenvalue weighted by atomic mass is 10.1. The summed E-state index contributed by atoms with van der Waals surface area (Å²) in [6, 6.07) is 13.4. The zero-order chi connectivity index (χ0) is 17.1. The van der Waals surface area contributed by atoms with Crippen LogP contribution in [-0.2, 0) is 0 Å². The van der Waals surface area contributed by atoms with Crippen molar-refractivity contribution in [1.82, 2.24) is 9.66 Å². The maximum Gasteiger partial charge on any atom is 0.270 e. The molecule has 0 spiro atoms. The number of hydrogen-bond donors (Lipinski definition) is 1. The summed E-state index contributed by atoms with van der Waals surface area (Å²) in [7, 11) is 0. The molecule has 1 aromatic heterocycles. The van der Waals surface area contributed by atoms with Gasteiger partial charge < -0.3 is 5.73 Å². The van der Waals surface area contributed by atoms with Crippen LogP contribution in [0.1, 0.15) is 5.56 Å². The largest absolute Gasteiger partial charge is 0.368 e. The molecule has 24 heavy (non-hydrogen) atoms. The standard InChI is InChI=1S/C16H12ClN5O2/c17-14-7-2-1-4-12(14)9-19-21-10-15(20-16(21)18)11-5-3-6-13(8-11)22(23)24/h1-10H,(H2,18,20). The molecule has 0 aliphatic heterocycles. The second-order valence-corrected chi connectivity index (χ2v) is 5.31. The molecular weight excluding hydrogens is 330 g/mol. The quantitative estimate of drug-likeness (QED) is 0.445. The van der Waals surface area contributed by atoms with Crippen LogP contribution >= 0.6 is 11.6 Å². The first-order valence-electron chi connectivity index (χ1n) is 6.93. The number of rotatable bonds is 4. The van der Waals surface area contributed by atoms with E-state index in [0.717, 1.165) is 5.56 Å². The van der Waals surface area contributed by atoms with Crippen LogP contribution < -0.4 is 5.73 Å². The van der Waals surface area contributed by atoms with Crippen LogP contribution in [-0.4, -0.2) is 20.8 Å². The van der Waals surface area contributed by atoms with Gasteiger partial charge in [-0.2, -0.15) is 5.10 Å². The van der Waals surface area contributed by atoms with Crippen molar-refractivity contribution in [3.8, 4) is 11.3 Å². The van der Waals surface area contributed by atoms with Crippen molar-refractivity contribution in [3.05, 3.63) is 75.4 Å². The second-order valence-electron chi connectivity index (χ2n) is 4.90. The molecule has 7 nitrogen and oxygen atoms in total. The minimum absolute atomic E-state index is 0.0137. The number of nitrogens with two attached hydrogens (primary N) is 1. The molecule has 0 fully saturated rings. The summed E-state index contributed by atoms with van der Waals surface area (Å²) in [4.78, 5) is 14.6. The second kappa shape index (κ2) is 6.51. The Kier molecular flexibility index (Phi) is 4.26. The van der Waals surface area contributed by atoms with Gasteiger partial charge in [0, 0.05) is 28.3 Å². The Balaban J connectivity index is 1.92. The van der Waals surface area contributed by atoms with E-state index >= 15 is 0 Å². The SMILES string of the molecule is Nc1nc(-c2cccc([N+](=O)[O-])c2)cn1N=Cc1ccccc1Cl. The summed E-state index contributed by atoms with van der Waals surface area (Å²) >= 11 is 6.07. The van der Waals surface area contributed by atoms with E-state index in [4.69, 9.17) is 17.3 Å². The molecule has 1 heterocycles. The highest BCUT2D eigenvalue weighted by Gasteiger charge is 2.11. The molecule has 0 atom stereocenters. The molecule has 8 heteroatoms. The molecular formula is C16H12ClN5O2. The number of nitro groups is 1. The van der Waals surface area contributed by atoms with Gasteiger partial charge in [0.15, 0.2) is 0 Å². The van der Waals surface area contributed by atoms with Crippen molar-refractivity contribution in [3.63, 3.8) is 0 Å². The molecule has 0 amide bonds. The Morgan fingerprint density at radius 1 is 1.25 bits per heavy atom. The summed E-state index contributed by atoms with van der Waals surface area (Å²) in [6.07, 6.45) is 3.17. The minimum Gasteiger partial charge on any atom is -0.368 e. The zero-order valence-electron chi connectivity index (χ0n) is 12.3. The molecule has 0 saturated heterocycles. The van der Waals surface area contributed by atoms with Crippen molar-refractivity contribution < 1.29 is 4.92 Å². The fourth-order valence-corrected chi connectivity index (χ4v) is 2.28. The zero-order valence-corrected chi connectivity index (χ0v) is 13.1. The average Bonchev–Trinajstić information content (AvgIpc) is 2.95. The van der Waals surface area contributed by atoms with E-state index < -0.39 is 4.92 Å². The lowest BCUT2D eigenvalue weighted by molar-refractivity contribution is -0.384. The normalized spacial score (nSPS) is 11.0. The molecule has 3 aromatic rings. The molecule has 0 aliphatic carbocycles. The highest BCUT2D eigenvalue weighted by atomic mass is 35.5. The van der Waals surface area contributed by atoms with E-state index in [2.05, 4.69) is 10.1 Å². The van der Waals surface area contributed by atoms with Crippen LogP contribution in [0.3, 0.4) is 0 Å². The third kappa shape index (κ3) is 3.26. The van der Waals surface area contributed by atoms with Gasteiger partial charge in [-0.05, 0) is 6.07 Å². The Morgan fingerprint density at radius 3 is 2.79 bits per heavy atom. The van der Waals surface area contributed by atoms with Gasteiger partial charge in [-0.25, -0.2) is 9.66 Å². The van der Waals surface area contributed by atoms with E-state index in [9.17, 15) is 10.1 Å². The number of benzene rings is 2. The molecule has 120 valence electrons. The Hall–Kier alpha value is -3.19. The summed E-state index contributed by atoms with van der Waals surface area (Å²) in [5.74, 6) is 0.166. The lowest BCUT2D eigenvalue weighted by Crippen LogP contribution is -1.97. The molecule has 2 N–H and O–H groups in total. The van der Waals surface area contributed by atoms with Gasteiger partial charge >= 0.3 is 0 Å². The molecule has 0 bridgehead atoms. The summed E-state index contributed by atoms with van der Waals surface area (Å²) in [6.45, 7) is 0. The first-order chi connectivity index (χ1) is 11.5. The lowest BCUT2D eigenvalue weighted by Gasteiger charge is -1.97. The van der Waals surface area contributed by atoms with Gasteiger partial charge in [0.25, 0.3) is 5.69 Å². The molecule has 0 saturated carbocycles. The summed E-state index contributed by atoms with van der Waals surface area (Å²) in [5.41, 5.74) is 7.66. The predicted molar refractivity (Wildman–Crippen MR) is 93.2 cm³/mol. The highest BCUT2D eigenvalue weighted by molar-refractivity contribution is 6.33. The molecule has 0 unspecified atom stereocenters. The highest BCUT2D eigenvalue weighted by Crippen LogP contribution is 2.24. The van der Waals surface area contributed by atoms with E-state index in [1.807, 2.05) is 18.2 Å². The smallest absolute Gasteiger partial charge is 0.270 e. The molecule has 0 radical (unpaired) electrons. The maximum absolute atomic E-state index is 10.9. The monoisotopic (exact) mass is 341 g/mol. The van der Waals surface area contributed by atoms with Crippen LogP contribution in [0.5, 0.6) is 0 Å². The number of nitro benzene ring substituents is 1. The van der Waals surface area contributed by atoms with E-state index in [1.165, 1.54) is 16.8 Å². The van der Waals surface area contributed by atoms with Gasteiger partial charge in [0.2, 0.25) is 5.95 Å². The van der Waals surface area contributed by atoms with Crippen LogP contribution in [0.2, 0.25) is 5.02 Å². The van der Waals surface area contributed by atoms with Crippen molar-refractivity contribution in [2.45, 2.75) is 0 Å². The van der Waals surface area contributed by atoms with Gasteiger partial charge in [0.1, 0.15) is 0 Å². The number of anilines is 1. The van der Waals surface area contributed by atoms with Gasteiger partial charge in [-0.15, -0.1) is 0 Å². The third-order valence-corrected chi connectivity index (χ3v) is 3.64. The number of nitrogen functional groups attached to an aromatic ring is 1. The van der Waals surface area contributed by atoms with Gasteiger partial charge in [-0.1, -0.05) is 41.9 Å². The van der Waals surface area contributed by atoms with Crippen LogP contribution in [0.15, 0.2) is 59.8 Å². The van der Waals surface area contributed by atoms with Crippen molar-refractivity contribution in [2.24, 2.45) is 5.10 Å². The van der Waals surface area contributed by atoms with Crippen molar-refractivity contribution in [1.29, 1.82) is 0 Å². The number of aromatic nitrogens is 2. The fourth-order valence-electron chi connectivity index (χ4n) is 2.10. The topological polar surface area (TPSA) is 99.3 Å². The number of halogens is 1. The Labute approximate surface area is 142 Å². The van der Waals surface area contributed by atoms with Crippen LogP contribution in [0.4, 0.5) is 11.6 Å². The first-order valence-corrected chi connectivity index (χ1v) is 7.31. The van der Waals surface area contributed by atoms with Crippen LogP contribution in [0, 0.1) is 10.1 Å². The number of imidazole rings is 1. The maximum atomic E-state index is 10.9. The molecule has 0 aliphatic rings. The Bertz CT molecular complexity index is 936. The third-order valence-electron chi connectivity index (χ3n) is 3.29. The number of non-ortho nitro benzene ring substituents is 1. The minimum atomic E-state index is -0.459. The fraction of sp³-hybridized carbons (Fsp3) is 0.